The fourth-order valence-corrected chi connectivity index (χ4v) is 1.60. The molecule has 0 bridgehead atoms. The number of nitrogens with two attached hydrogens (primary N) is 1. The summed E-state index contributed by atoms with van der Waals surface area (Å²) in [6, 6.07) is 9.49. The SMILES string of the molecule is COc1ccc(Cn2nc(N)cc2OC)cc1. The Hall–Kier alpha value is -2.17. The zero-order valence-corrected chi connectivity index (χ0v) is 9.88. The van der Waals surface area contributed by atoms with Crippen molar-refractivity contribution in [3.8, 4) is 11.6 Å². The number of nitrogens with zero attached hydrogens (tertiary/aromatic N) is 2. The summed E-state index contributed by atoms with van der Waals surface area (Å²) in [7, 11) is 3.24. The molecule has 0 aliphatic carbocycles. The van der Waals surface area contributed by atoms with Crippen molar-refractivity contribution in [3.63, 3.8) is 0 Å². The van der Waals surface area contributed by atoms with Crippen molar-refractivity contribution in [2.75, 3.05) is 20.0 Å². The van der Waals surface area contributed by atoms with Crippen LogP contribution in [0.15, 0.2) is 30.3 Å². The normalized spacial score (nSPS) is 10.2. The molecule has 90 valence electrons. The van der Waals surface area contributed by atoms with Crippen LogP contribution in [0.5, 0.6) is 11.6 Å². The number of hydrogen-bond donors (Lipinski definition) is 1. The molecule has 1 aromatic heterocycles. The van der Waals surface area contributed by atoms with E-state index in [1.165, 1.54) is 0 Å². The maximum absolute atomic E-state index is 5.62. The summed E-state index contributed by atoms with van der Waals surface area (Å²) < 4.78 is 12.0. The van der Waals surface area contributed by atoms with Crippen molar-refractivity contribution in [2.45, 2.75) is 6.54 Å². The van der Waals surface area contributed by atoms with Gasteiger partial charge in [-0.15, -0.1) is 0 Å². The topological polar surface area (TPSA) is 62.3 Å². The Morgan fingerprint density at radius 1 is 1.18 bits per heavy atom. The van der Waals surface area contributed by atoms with Crippen LogP contribution in [0.4, 0.5) is 5.82 Å². The Kier molecular flexibility index (Phi) is 3.18. The van der Waals surface area contributed by atoms with Crippen LogP contribution in [0, 0.1) is 0 Å². The van der Waals surface area contributed by atoms with Gasteiger partial charge in [0, 0.05) is 6.07 Å². The Morgan fingerprint density at radius 3 is 2.47 bits per heavy atom. The van der Waals surface area contributed by atoms with E-state index in [0.29, 0.717) is 18.2 Å². The van der Waals surface area contributed by atoms with Crippen LogP contribution in [0.1, 0.15) is 5.56 Å². The van der Waals surface area contributed by atoms with E-state index in [9.17, 15) is 0 Å². The van der Waals surface area contributed by atoms with Crippen LogP contribution in [-0.4, -0.2) is 24.0 Å². The molecule has 2 N–H and O–H groups in total. The average Bonchev–Trinajstić information content (AvgIpc) is 2.70. The van der Waals surface area contributed by atoms with Crippen molar-refractivity contribution in [1.29, 1.82) is 0 Å². The van der Waals surface area contributed by atoms with Crippen LogP contribution in [0.3, 0.4) is 0 Å². The second-order valence-electron chi connectivity index (χ2n) is 3.62. The fourth-order valence-electron chi connectivity index (χ4n) is 1.60. The Balaban J connectivity index is 2.18. The van der Waals surface area contributed by atoms with Gasteiger partial charge in [0.1, 0.15) is 11.6 Å². The van der Waals surface area contributed by atoms with E-state index in [2.05, 4.69) is 5.10 Å². The number of anilines is 1. The first-order valence-electron chi connectivity index (χ1n) is 5.23. The second kappa shape index (κ2) is 4.78. The van der Waals surface area contributed by atoms with Crippen molar-refractivity contribution >= 4 is 5.82 Å². The van der Waals surface area contributed by atoms with Crippen LogP contribution >= 0.6 is 0 Å². The number of benzene rings is 1. The van der Waals surface area contributed by atoms with Gasteiger partial charge in [0.2, 0.25) is 5.88 Å². The molecule has 1 aromatic carbocycles. The molecule has 0 spiro atoms. The lowest BCUT2D eigenvalue weighted by atomic mass is 10.2. The Bertz CT molecular complexity index is 491. The van der Waals surface area contributed by atoms with Crippen molar-refractivity contribution < 1.29 is 9.47 Å². The molecule has 0 fully saturated rings. The van der Waals surface area contributed by atoms with E-state index in [1.807, 2.05) is 24.3 Å². The van der Waals surface area contributed by atoms with Crippen molar-refractivity contribution in [1.82, 2.24) is 9.78 Å². The quantitative estimate of drug-likeness (QED) is 0.870. The number of nitrogen functional groups attached to an aromatic ring is 1. The first-order chi connectivity index (χ1) is 8.22. The first kappa shape index (κ1) is 11.3. The van der Waals surface area contributed by atoms with E-state index < -0.39 is 0 Å². The second-order valence-corrected chi connectivity index (χ2v) is 3.62. The molecule has 1 heterocycles. The molecule has 0 aliphatic rings. The highest BCUT2D eigenvalue weighted by Crippen LogP contribution is 2.18. The van der Waals surface area contributed by atoms with Gasteiger partial charge in [-0.1, -0.05) is 12.1 Å². The highest BCUT2D eigenvalue weighted by molar-refractivity contribution is 5.34. The molecule has 0 saturated carbocycles. The zero-order chi connectivity index (χ0) is 12.3. The number of methoxy groups -OCH3 is 2. The smallest absolute Gasteiger partial charge is 0.213 e. The summed E-state index contributed by atoms with van der Waals surface area (Å²) in [5.74, 6) is 1.94. The average molecular weight is 233 g/mol. The molecule has 5 nitrogen and oxygen atoms in total. The van der Waals surface area contributed by atoms with E-state index in [4.69, 9.17) is 15.2 Å². The van der Waals surface area contributed by atoms with Crippen LogP contribution in [0.25, 0.3) is 0 Å². The van der Waals surface area contributed by atoms with E-state index in [-0.39, 0.29) is 0 Å². The molecule has 0 unspecified atom stereocenters. The van der Waals surface area contributed by atoms with Gasteiger partial charge in [0.15, 0.2) is 0 Å². The number of rotatable bonds is 4. The number of ether oxygens (including phenoxy) is 2. The monoisotopic (exact) mass is 233 g/mol. The third-order valence-electron chi connectivity index (χ3n) is 2.46. The lowest BCUT2D eigenvalue weighted by molar-refractivity contribution is 0.366. The highest BCUT2D eigenvalue weighted by atomic mass is 16.5. The summed E-state index contributed by atoms with van der Waals surface area (Å²) in [6.45, 7) is 0.615. The summed E-state index contributed by atoms with van der Waals surface area (Å²) in [5, 5.41) is 4.16. The van der Waals surface area contributed by atoms with Gasteiger partial charge in [-0.25, -0.2) is 4.68 Å². The first-order valence-corrected chi connectivity index (χ1v) is 5.23. The molecular formula is C12H15N3O2. The molecule has 0 radical (unpaired) electrons. The van der Waals surface area contributed by atoms with Crippen LogP contribution < -0.4 is 15.2 Å². The zero-order valence-electron chi connectivity index (χ0n) is 9.88. The molecule has 0 amide bonds. The molecule has 17 heavy (non-hydrogen) atoms. The van der Waals surface area contributed by atoms with Crippen molar-refractivity contribution in [2.24, 2.45) is 0 Å². The predicted molar refractivity (Wildman–Crippen MR) is 65.3 cm³/mol. The number of aromatic nitrogens is 2. The largest absolute Gasteiger partial charge is 0.497 e. The maximum atomic E-state index is 5.62. The fraction of sp³-hybridized carbons (Fsp3) is 0.250. The third-order valence-corrected chi connectivity index (χ3v) is 2.46. The van der Waals surface area contributed by atoms with E-state index in [1.54, 1.807) is 25.0 Å². The molecule has 0 atom stereocenters. The van der Waals surface area contributed by atoms with E-state index >= 15 is 0 Å². The lowest BCUT2D eigenvalue weighted by Crippen LogP contribution is -2.04. The van der Waals surface area contributed by atoms with Gasteiger partial charge in [-0.3, -0.25) is 0 Å². The number of hydrogen-bond acceptors (Lipinski definition) is 4. The predicted octanol–water partition coefficient (Wildman–Crippen LogP) is 1.53. The Labute approximate surface area is 99.8 Å². The van der Waals surface area contributed by atoms with Crippen LogP contribution in [-0.2, 0) is 6.54 Å². The molecule has 5 heteroatoms. The van der Waals surface area contributed by atoms with Gasteiger partial charge < -0.3 is 15.2 Å². The highest BCUT2D eigenvalue weighted by Gasteiger charge is 2.06. The molecule has 2 aromatic rings. The summed E-state index contributed by atoms with van der Waals surface area (Å²) >= 11 is 0. The minimum absolute atomic E-state index is 0.454. The standard InChI is InChI=1S/C12H15N3O2/c1-16-10-5-3-9(4-6-10)8-15-12(17-2)7-11(13)14-15/h3-7H,8H2,1-2H3,(H2,13,14). The van der Waals surface area contributed by atoms with Gasteiger partial charge in [0.05, 0.1) is 20.8 Å². The minimum Gasteiger partial charge on any atom is -0.497 e. The van der Waals surface area contributed by atoms with Crippen molar-refractivity contribution in [3.05, 3.63) is 35.9 Å². The van der Waals surface area contributed by atoms with Gasteiger partial charge >= 0.3 is 0 Å². The summed E-state index contributed by atoms with van der Waals surface area (Å²) in [6.07, 6.45) is 0. The van der Waals surface area contributed by atoms with E-state index in [0.717, 1.165) is 11.3 Å². The maximum Gasteiger partial charge on any atom is 0.213 e. The Morgan fingerprint density at radius 2 is 1.88 bits per heavy atom. The molecule has 0 aliphatic heterocycles. The lowest BCUT2D eigenvalue weighted by Gasteiger charge is -2.06. The summed E-state index contributed by atoms with van der Waals surface area (Å²) in [5.41, 5.74) is 6.73. The van der Waals surface area contributed by atoms with Gasteiger partial charge in [-0.2, -0.15) is 5.10 Å². The molecular weight excluding hydrogens is 218 g/mol. The van der Waals surface area contributed by atoms with Crippen LogP contribution in [0.2, 0.25) is 0 Å². The molecule has 2 rings (SSSR count). The molecule has 0 saturated heterocycles. The summed E-state index contributed by atoms with van der Waals surface area (Å²) in [4.78, 5) is 0. The third kappa shape index (κ3) is 2.50. The van der Waals surface area contributed by atoms with Gasteiger partial charge in [-0.05, 0) is 17.7 Å². The van der Waals surface area contributed by atoms with Gasteiger partial charge in [0.25, 0.3) is 0 Å². The minimum atomic E-state index is 0.454.